The zero-order valence-electron chi connectivity index (χ0n) is 12.5. The molecule has 4 nitrogen and oxygen atoms in total. The molecule has 0 aliphatic heterocycles. The van der Waals surface area contributed by atoms with Crippen LogP contribution in [0, 0.1) is 0 Å². The molecule has 108 valence electrons. The van der Waals surface area contributed by atoms with Crippen LogP contribution in [0.1, 0.15) is 45.0 Å². The molecule has 0 fully saturated rings. The second kappa shape index (κ2) is 6.22. The summed E-state index contributed by atoms with van der Waals surface area (Å²) in [7, 11) is 0. The monoisotopic (exact) mass is 290 g/mol. The predicted molar refractivity (Wildman–Crippen MR) is 86.2 cm³/mol. The lowest BCUT2D eigenvalue weighted by molar-refractivity contribution is 0.675. The maximum absolute atomic E-state index is 5.73. The van der Waals surface area contributed by atoms with Gasteiger partial charge in [-0.1, -0.05) is 26.0 Å². The van der Waals surface area contributed by atoms with Gasteiger partial charge in [-0.15, -0.1) is 0 Å². The Bertz CT molecular complexity index is 545. The average Bonchev–Trinajstić information content (AvgIpc) is 2.87. The minimum Gasteiger partial charge on any atom is -0.399 e. The van der Waals surface area contributed by atoms with Gasteiger partial charge in [0.2, 0.25) is 5.13 Å². The molecule has 1 aromatic heterocycles. The summed E-state index contributed by atoms with van der Waals surface area (Å²) in [5.41, 5.74) is 7.76. The Hall–Kier alpha value is -1.62. The molecule has 0 saturated carbocycles. The van der Waals surface area contributed by atoms with Crippen molar-refractivity contribution in [2.75, 3.05) is 10.6 Å². The summed E-state index contributed by atoms with van der Waals surface area (Å²) >= 11 is 1.48. The normalized spacial score (nSPS) is 11.3. The molecule has 2 N–H and O–H groups in total. The van der Waals surface area contributed by atoms with E-state index in [-0.39, 0.29) is 0 Å². The van der Waals surface area contributed by atoms with Gasteiger partial charge in [-0.25, -0.2) is 4.98 Å². The standard InChI is InChI=1S/C15H22N4S/c1-10(2)14-17-15(20-18-14)19(11(3)4)9-12-5-7-13(16)8-6-12/h5-8,10-11H,9,16H2,1-4H3. The van der Waals surface area contributed by atoms with Crippen molar-refractivity contribution >= 4 is 22.4 Å². The summed E-state index contributed by atoms with van der Waals surface area (Å²) in [6.07, 6.45) is 0. The van der Waals surface area contributed by atoms with E-state index in [2.05, 4.69) is 54.1 Å². The largest absolute Gasteiger partial charge is 0.399 e. The van der Waals surface area contributed by atoms with Gasteiger partial charge in [0.25, 0.3) is 0 Å². The van der Waals surface area contributed by atoms with Crippen LogP contribution in [-0.2, 0) is 6.54 Å². The Kier molecular flexibility index (Phi) is 4.60. The smallest absolute Gasteiger partial charge is 0.205 e. The molecule has 1 heterocycles. The molecule has 2 rings (SSSR count). The number of anilines is 2. The Morgan fingerprint density at radius 2 is 1.80 bits per heavy atom. The van der Waals surface area contributed by atoms with Gasteiger partial charge in [-0.3, -0.25) is 0 Å². The second-order valence-electron chi connectivity index (χ2n) is 5.55. The van der Waals surface area contributed by atoms with Crippen LogP contribution < -0.4 is 10.6 Å². The number of rotatable bonds is 5. The van der Waals surface area contributed by atoms with Crippen molar-refractivity contribution < 1.29 is 0 Å². The molecule has 0 spiro atoms. The van der Waals surface area contributed by atoms with E-state index < -0.39 is 0 Å². The van der Waals surface area contributed by atoms with Crippen molar-refractivity contribution in [3.8, 4) is 0 Å². The number of aromatic nitrogens is 2. The van der Waals surface area contributed by atoms with E-state index in [1.807, 2.05) is 12.1 Å². The Balaban J connectivity index is 2.20. The van der Waals surface area contributed by atoms with Gasteiger partial charge in [0.15, 0.2) is 0 Å². The molecule has 0 aliphatic carbocycles. The van der Waals surface area contributed by atoms with Gasteiger partial charge in [0.1, 0.15) is 5.82 Å². The second-order valence-corrected chi connectivity index (χ2v) is 6.28. The first kappa shape index (κ1) is 14.8. The Morgan fingerprint density at radius 1 is 1.15 bits per heavy atom. The van der Waals surface area contributed by atoms with E-state index in [0.29, 0.717) is 12.0 Å². The van der Waals surface area contributed by atoms with Crippen molar-refractivity contribution in [3.63, 3.8) is 0 Å². The number of benzene rings is 1. The molecule has 0 saturated heterocycles. The summed E-state index contributed by atoms with van der Waals surface area (Å²) in [6.45, 7) is 9.41. The highest BCUT2D eigenvalue weighted by Crippen LogP contribution is 2.25. The van der Waals surface area contributed by atoms with E-state index >= 15 is 0 Å². The third kappa shape index (κ3) is 3.48. The minimum absolute atomic E-state index is 0.366. The quantitative estimate of drug-likeness (QED) is 0.854. The van der Waals surface area contributed by atoms with Crippen molar-refractivity contribution in [2.24, 2.45) is 0 Å². The van der Waals surface area contributed by atoms with E-state index in [1.165, 1.54) is 17.1 Å². The number of nitrogens with zero attached hydrogens (tertiary/aromatic N) is 3. The van der Waals surface area contributed by atoms with E-state index in [9.17, 15) is 0 Å². The van der Waals surface area contributed by atoms with Gasteiger partial charge >= 0.3 is 0 Å². The lowest BCUT2D eigenvalue weighted by Crippen LogP contribution is -2.30. The highest BCUT2D eigenvalue weighted by molar-refractivity contribution is 7.09. The number of nitrogens with two attached hydrogens (primary N) is 1. The van der Waals surface area contributed by atoms with E-state index in [4.69, 9.17) is 5.73 Å². The lowest BCUT2D eigenvalue weighted by Gasteiger charge is -2.25. The molecule has 0 unspecified atom stereocenters. The summed E-state index contributed by atoms with van der Waals surface area (Å²) in [4.78, 5) is 6.93. The fourth-order valence-corrected chi connectivity index (χ4v) is 2.81. The maximum Gasteiger partial charge on any atom is 0.205 e. The van der Waals surface area contributed by atoms with Crippen molar-refractivity contribution in [2.45, 2.75) is 46.2 Å². The Morgan fingerprint density at radius 3 is 2.30 bits per heavy atom. The predicted octanol–water partition coefficient (Wildman–Crippen LogP) is 3.66. The minimum atomic E-state index is 0.366. The first-order chi connectivity index (χ1) is 9.47. The van der Waals surface area contributed by atoms with Crippen LogP contribution in [0.3, 0.4) is 0 Å². The third-order valence-corrected chi connectivity index (χ3v) is 3.92. The molecule has 0 amide bonds. The molecule has 20 heavy (non-hydrogen) atoms. The fraction of sp³-hybridized carbons (Fsp3) is 0.467. The van der Waals surface area contributed by atoms with Crippen LogP contribution in [-0.4, -0.2) is 15.4 Å². The van der Waals surface area contributed by atoms with Crippen molar-refractivity contribution in [1.82, 2.24) is 9.36 Å². The summed E-state index contributed by atoms with van der Waals surface area (Å²) in [5, 5.41) is 0.987. The number of hydrogen-bond acceptors (Lipinski definition) is 5. The van der Waals surface area contributed by atoms with Gasteiger partial charge in [-0.05, 0) is 31.5 Å². The van der Waals surface area contributed by atoms with E-state index in [1.54, 1.807) is 0 Å². The lowest BCUT2D eigenvalue weighted by atomic mass is 10.2. The zero-order chi connectivity index (χ0) is 14.7. The van der Waals surface area contributed by atoms with Crippen LogP contribution in [0.25, 0.3) is 0 Å². The maximum atomic E-state index is 5.73. The highest BCUT2D eigenvalue weighted by Gasteiger charge is 2.17. The summed E-state index contributed by atoms with van der Waals surface area (Å²) in [6, 6.07) is 8.38. The first-order valence-electron chi connectivity index (χ1n) is 6.92. The van der Waals surface area contributed by atoms with Gasteiger partial charge < -0.3 is 10.6 Å². The Labute approximate surface area is 124 Å². The SMILES string of the molecule is CC(C)c1nsc(N(Cc2ccc(N)cc2)C(C)C)n1. The van der Waals surface area contributed by atoms with Crippen LogP contribution in [0.15, 0.2) is 24.3 Å². The number of hydrogen-bond donors (Lipinski definition) is 1. The first-order valence-corrected chi connectivity index (χ1v) is 7.69. The van der Waals surface area contributed by atoms with Gasteiger partial charge in [-0.2, -0.15) is 4.37 Å². The summed E-state index contributed by atoms with van der Waals surface area (Å²) in [5.74, 6) is 1.29. The van der Waals surface area contributed by atoms with Crippen LogP contribution in [0.4, 0.5) is 10.8 Å². The molecule has 2 aromatic rings. The van der Waals surface area contributed by atoms with Gasteiger partial charge in [0, 0.05) is 35.7 Å². The van der Waals surface area contributed by atoms with Crippen LogP contribution in [0.5, 0.6) is 0 Å². The number of nitrogen functional groups attached to an aromatic ring is 1. The molecule has 0 atom stereocenters. The topological polar surface area (TPSA) is 55.0 Å². The third-order valence-electron chi connectivity index (χ3n) is 3.15. The van der Waals surface area contributed by atoms with Gasteiger partial charge in [0.05, 0.1) is 0 Å². The highest BCUT2D eigenvalue weighted by atomic mass is 32.1. The molecule has 1 aromatic carbocycles. The average molecular weight is 290 g/mol. The molecular weight excluding hydrogens is 268 g/mol. The zero-order valence-corrected chi connectivity index (χ0v) is 13.3. The van der Waals surface area contributed by atoms with Crippen molar-refractivity contribution in [3.05, 3.63) is 35.7 Å². The van der Waals surface area contributed by atoms with Crippen molar-refractivity contribution in [1.29, 1.82) is 0 Å². The molecule has 0 radical (unpaired) electrons. The molecule has 0 bridgehead atoms. The fourth-order valence-electron chi connectivity index (χ4n) is 1.87. The molecule has 5 heteroatoms. The van der Waals surface area contributed by atoms with Crippen LogP contribution in [0.2, 0.25) is 0 Å². The van der Waals surface area contributed by atoms with Crippen LogP contribution >= 0.6 is 11.5 Å². The molecule has 0 aliphatic rings. The van der Waals surface area contributed by atoms with E-state index in [0.717, 1.165) is 23.2 Å². The molecular formula is C15H22N4S. The summed E-state index contributed by atoms with van der Waals surface area (Å²) < 4.78 is 4.44.